The van der Waals surface area contributed by atoms with Gasteiger partial charge in [-0.25, -0.2) is 0 Å². The van der Waals surface area contributed by atoms with Crippen LogP contribution in [0.1, 0.15) is 57.8 Å². The lowest BCUT2D eigenvalue weighted by Gasteiger charge is -2.19. The van der Waals surface area contributed by atoms with Crippen LogP contribution in [0.15, 0.2) is 12.1 Å². The standard InChI is InChI=1S/C6H6O4.3C5H8O2.CH2O2/c7-3-1-4(8)6(10)5(9)2-3;3*6-5(7)4-2-1-3-4;2-1-3/h1-2,7-10H;3*4H,1-3H2,(H,6,7);1H,(H,2,3). The average molecular weight is 488 g/mol. The molecular formula is C22H32O12. The molecule has 0 radical (unpaired) electrons. The summed E-state index contributed by atoms with van der Waals surface area (Å²) in [7, 11) is 0. The first-order valence-electron chi connectivity index (χ1n) is 10.6. The summed E-state index contributed by atoms with van der Waals surface area (Å²) >= 11 is 0. The zero-order valence-corrected chi connectivity index (χ0v) is 18.5. The Bertz CT molecular complexity index is 715. The topological polar surface area (TPSA) is 230 Å². The lowest BCUT2D eigenvalue weighted by molar-refractivity contribution is -0.145. The molecule has 0 unspecified atom stereocenters. The summed E-state index contributed by atoms with van der Waals surface area (Å²) < 4.78 is 0. The van der Waals surface area contributed by atoms with Crippen molar-refractivity contribution < 1.29 is 60.0 Å². The molecule has 0 bridgehead atoms. The fourth-order valence-electron chi connectivity index (χ4n) is 2.56. The van der Waals surface area contributed by atoms with Gasteiger partial charge in [-0.15, -0.1) is 0 Å². The number of aliphatic carboxylic acids is 3. The zero-order chi connectivity index (χ0) is 26.3. The van der Waals surface area contributed by atoms with Crippen LogP contribution in [0.2, 0.25) is 0 Å². The van der Waals surface area contributed by atoms with E-state index in [-0.39, 0.29) is 30.0 Å². The number of carboxylic acid groups (broad SMARTS) is 4. The van der Waals surface area contributed by atoms with Gasteiger partial charge in [-0.2, -0.15) is 0 Å². The average Bonchev–Trinajstić information content (AvgIpc) is 2.56. The second-order valence-electron chi connectivity index (χ2n) is 7.84. The number of benzene rings is 1. The van der Waals surface area contributed by atoms with Crippen LogP contribution in [-0.2, 0) is 19.2 Å². The molecule has 12 heteroatoms. The molecule has 34 heavy (non-hydrogen) atoms. The third-order valence-corrected chi connectivity index (χ3v) is 5.42. The summed E-state index contributed by atoms with van der Waals surface area (Å²) in [5.41, 5.74) is 0. The zero-order valence-electron chi connectivity index (χ0n) is 18.5. The van der Waals surface area contributed by atoms with Crippen LogP contribution >= 0.6 is 0 Å². The molecule has 8 N–H and O–H groups in total. The van der Waals surface area contributed by atoms with E-state index in [1.807, 2.05) is 0 Å². The van der Waals surface area contributed by atoms with Gasteiger partial charge in [0.05, 0.1) is 17.8 Å². The molecule has 1 aromatic carbocycles. The van der Waals surface area contributed by atoms with E-state index in [1.165, 1.54) is 0 Å². The molecule has 1 aromatic rings. The fourth-order valence-corrected chi connectivity index (χ4v) is 2.56. The van der Waals surface area contributed by atoms with Crippen molar-refractivity contribution in [3.05, 3.63) is 12.1 Å². The largest absolute Gasteiger partial charge is 0.508 e. The molecule has 12 nitrogen and oxygen atoms in total. The van der Waals surface area contributed by atoms with Crippen LogP contribution in [0.4, 0.5) is 0 Å². The molecule has 3 saturated carbocycles. The van der Waals surface area contributed by atoms with E-state index in [1.54, 1.807) is 0 Å². The molecule has 0 atom stereocenters. The van der Waals surface area contributed by atoms with Gasteiger partial charge in [0.25, 0.3) is 6.47 Å². The predicted molar refractivity (Wildman–Crippen MR) is 117 cm³/mol. The summed E-state index contributed by atoms with van der Waals surface area (Å²) in [5, 5.41) is 66.4. The van der Waals surface area contributed by atoms with Crippen LogP contribution in [-0.4, -0.2) is 65.2 Å². The number of hydrogen-bond acceptors (Lipinski definition) is 8. The SMILES string of the molecule is O=C(O)C1CCC1.O=C(O)C1CCC1.O=C(O)C1CCC1.O=CO.Oc1cc(O)c(O)c(O)c1. The molecule has 0 saturated heterocycles. The van der Waals surface area contributed by atoms with Gasteiger partial charge in [0.15, 0.2) is 11.5 Å². The Morgan fingerprint density at radius 3 is 1.00 bits per heavy atom. The Labute approximate surface area is 195 Å². The van der Waals surface area contributed by atoms with Crippen molar-refractivity contribution in [1.29, 1.82) is 0 Å². The summed E-state index contributed by atoms with van der Waals surface area (Å²) in [5.74, 6) is -3.87. The molecule has 192 valence electrons. The number of carboxylic acids is 3. The summed E-state index contributed by atoms with van der Waals surface area (Å²) in [6.07, 6.45) is 8.71. The van der Waals surface area contributed by atoms with Crippen molar-refractivity contribution in [3.63, 3.8) is 0 Å². The number of hydrogen-bond donors (Lipinski definition) is 8. The first-order chi connectivity index (χ1) is 15.9. The molecule has 3 fully saturated rings. The Morgan fingerprint density at radius 2 is 0.882 bits per heavy atom. The van der Waals surface area contributed by atoms with Crippen LogP contribution < -0.4 is 0 Å². The van der Waals surface area contributed by atoms with Crippen LogP contribution in [0.3, 0.4) is 0 Å². The lowest BCUT2D eigenvalue weighted by Crippen LogP contribution is -2.20. The van der Waals surface area contributed by atoms with Crippen molar-refractivity contribution in [2.75, 3.05) is 0 Å². The van der Waals surface area contributed by atoms with E-state index in [2.05, 4.69) is 0 Å². The number of phenolic OH excluding ortho intramolecular Hbond substituents is 4. The molecule has 4 rings (SSSR count). The first kappa shape index (κ1) is 30.3. The highest BCUT2D eigenvalue weighted by molar-refractivity contribution is 5.71. The minimum atomic E-state index is -0.627. The Kier molecular flexibility index (Phi) is 14.3. The molecule has 0 aromatic heterocycles. The smallest absolute Gasteiger partial charge is 0.306 e. The molecule has 0 aliphatic heterocycles. The normalized spacial score (nSPS) is 16.2. The Morgan fingerprint density at radius 1 is 0.647 bits per heavy atom. The van der Waals surface area contributed by atoms with Crippen molar-refractivity contribution in [1.82, 2.24) is 0 Å². The predicted octanol–water partition coefficient (Wildman–Crippen LogP) is 2.82. The van der Waals surface area contributed by atoms with E-state index >= 15 is 0 Å². The van der Waals surface area contributed by atoms with Gasteiger partial charge in [-0.3, -0.25) is 19.2 Å². The fraction of sp³-hybridized carbons (Fsp3) is 0.545. The molecular weight excluding hydrogens is 456 g/mol. The van der Waals surface area contributed by atoms with Crippen LogP contribution in [0.25, 0.3) is 0 Å². The van der Waals surface area contributed by atoms with Crippen molar-refractivity contribution >= 4 is 24.4 Å². The maximum Gasteiger partial charge on any atom is 0.306 e. The maximum atomic E-state index is 9.98. The molecule has 0 heterocycles. The monoisotopic (exact) mass is 488 g/mol. The quantitative estimate of drug-likeness (QED) is 0.174. The van der Waals surface area contributed by atoms with Gasteiger partial charge in [0, 0.05) is 12.1 Å². The highest BCUT2D eigenvalue weighted by Crippen LogP contribution is 2.37. The van der Waals surface area contributed by atoms with E-state index in [0.29, 0.717) is 0 Å². The van der Waals surface area contributed by atoms with Crippen molar-refractivity contribution in [3.8, 4) is 23.0 Å². The lowest BCUT2D eigenvalue weighted by atomic mass is 9.86. The summed E-state index contributed by atoms with van der Waals surface area (Å²) in [4.78, 5) is 38.3. The second kappa shape index (κ2) is 16.0. The number of carbonyl (C=O) groups is 4. The van der Waals surface area contributed by atoms with Crippen molar-refractivity contribution in [2.24, 2.45) is 17.8 Å². The van der Waals surface area contributed by atoms with E-state index < -0.39 is 35.2 Å². The summed E-state index contributed by atoms with van der Waals surface area (Å²) in [6.45, 7) is -0.250. The van der Waals surface area contributed by atoms with Gasteiger partial charge in [0.2, 0.25) is 5.75 Å². The number of phenols is 4. The minimum absolute atomic E-state index is 0.000000000000000444. The molecule has 0 amide bonds. The Hall–Kier alpha value is -3.70. The van der Waals surface area contributed by atoms with Gasteiger partial charge in [0.1, 0.15) is 5.75 Å². The second-order valence-corrected chi connectivity index (χ2v) is 7.84. The van der Waals surface area contributed by atoms with Crippen LogP contribution in [0.5, 0.6) is 23.0 Å². The highest BCUT2D eigenvalue weighted by atomic mass is 16.4. The highest BCUT2D eigenvalue weighted by Gasteiger charge is 2.25. The van der Waals surface area contributed by atoms with E-state index in [4.69, 9.17) is 45.6 Å². The van der Waals surface area contributed by atoms with Crippen molar-refractivity contribution in [2.45, 2.75) is 57.8 Å². The molecule has 3 aliphatic carbocycles. The molecule has 0 spiro atoms. The van der Waals surface area contributed by atoms with Gasteiger partial charge >= 0.3 is 17.9 Å². The minimum Gasteiger partial charge on any atom is -0.508 e. The van der Waals surface area contributed by atoms with Crippen LogP contribution in [0, 0.1) is 17.8 Å². The van der Waals surface area contributed by atoms with E-state index in [9.17, 15) is 14.4 Å². The van der Waals surface area contributed by atoms with Gasteiger partial charge < -0.3 is 40.9 Å². The van der Waals surface area contributed by atoms with E-state index in [0.717, 1.165) is 69.9 Å². The first-order valence-corrected chi connectivity index (χ1v) is 10.6. The Balaban J connectivity index is 0.000000415. The van der Waals surface area contributed by atoms with Gasteiger partial charge in [-0.05, 0) is 38.5 Å². The number of rotatable bonds is 3. The third-order valence-electron chi connectivity index (χ3n) is 5.42. The number of aromatic hydroxyl groups is 4. The third kappa shape index (κ3) is 11.8. The maximum absolute atomic E-state index is 9.98. The molecule has 3 aliphatic rings. The summed E-state index contributed by atoms with van der Waals surface area (Å²) in [6, 6.07) is 1.85. The van der Waals surface area contributed by atoms with Gasteiger partial charge in [-0.1, -0.05) is 19.3 Å².